The molecule has 0 heterocycles. The third-order valence-electron chi connectivity index (χ3n) is 0.596. The maximum Gasteiger partial charge on any atom is 1.00 e. The van der Waals surface area contributed by atoms with Gasteiger partial charge in [-0.15, -0.1) is 0 Å². The van der Waals surface area contributed by atoms with Gasteiger partial charge < -0.3 is 5.11 Å². The summed E-state index contributed by atoms with van der Waals surface area (Å²) >= 11 is 0. The van der Waals surface area contributed by atoms with E-state index in [-0.39, 0.29) is 51.4 Å². The molecule has 0 saturated carbocycles. The van der Waals surface area contributed by atoms with Gasteiger partial charge in [0.1, 0.15) is 0 Å². The Morgan fingerprint density at radius 3 is 1.30 bits per heavy atom. The van der Waals surface area contributed by atoms with Gasteiger partial charge in [0.15, 0.2) is 0 Å². The Hall–Kier alpha value is 1.25. The van der Waals surface area contributed by atoms with Crippen LogP contribution in [0.15, 0.2) is 0 Å². The molecule has 0 spiro atoms. The van der Waals surface area contributed by atoms with Gasteiger partial charge in [0.05, 0.1) is 0 Å². The minimum atomic E-state index is -5.70. The van der Waals surface area contributed by atoms with Crippen LogP contribution in [0.4, 0.5) is 22.0 Å². The van der Waals surface area contributed by atoms with Crippen molar-refractivity contribution in [1.82, 2.24) is 0 Å². The molecule has 0 fully saturated rings. The fourth-order valence-corrected chi connectivity index (χ4v) is 0.0818. The first-order valence-electron chi connectivity index (χ1n) is 1.84. The molecule has 7 heteroatoms. The molecule has 0 aromatic carbocycles. The first kappa shape index (κ1) is 13.8. The molecule has 0 amide bonds. The van der Waals surface area contributed by atoms with Crippen LogP contribution in [-0.4, -0.2) is 18.7 Å². The second kappa shape index (κ2) is 4.32. The summed E-state index contributed by atoms with van der Waals surface area (Å²) in [6.45, 7) is -2.45. The van der Waals surface area contributed by atoms with Crippen molar-refractivity contribution in [2.24, 2.45) is 0 Å². The van der Waals surface area contributed by atoms with E-state index < -0.39 is 18.7 Å². The van der Waals surface area contributed by atoms with Gasteiger partial charge >= 0.3 is 63.5 Å². The van der Waals surface area contributed by atoms with Gasteiger partial charge in [-0.25, -0.2) is 0 Å². The van der Waals surface area contributed by atoms with Crippen molar-refractivity contribution in [3.63, 3.8) is 0 Å². The predicted octanol–water partition coefficient (Wildman–Crippen LogP) is -2.45. The average molecular weight is 188 g/mol. The standard InChI is InChI=1S/C3H2F5O.K/c4-2(5,1-9)3(6,7)8;/h1H2;/q-1;+1. The van der Waals surface area contributed by atoms with Gasteiger partial charge in [-0.2, -0.15) is 22.0 Å². The third kappa shape index (κ3) is 3.58. The Morgan fingerprint density at radius 1 is 1.00 bits per heavy atom. The number of hydrogen-bond donors (Lipinski definition) is 0. The summed E-state index contributed by atoms with van der Waals surface area (Å²) in [7, 11) is 0. The molecule has 0 radical (unpaired) electrons. The van der Waals surface area contributed by atoms with E-state index in [1.807, 2.05) is 0 Å². The van der Waals surface area contributed by atoms with Crippen LogP contribution in [0, 0.1) is 0 Å². The molecule has 0 atom stereocenters. The van der Waals surface area contributed by atoms with Crippen LogP contribution in [0.1, 0.15) is 0 Å². The number of halogens is 5. The second-order valence-corrected chi connectivity index (χ2v) is 1.35. The summed E-state index contributed by atoms with van der Waals surface area (Å²) in [4.78, 5) is 0. The van der Waals surface area contributed by atoms with Gasteiger partial charge in [-0.1, -0.05) is 6.61 Å². The van der Waals surface area contributed by atoms with Crippen molar-refractivity contribution in [2.45, 2.75) is 12.1 Å². The van der Waals surface area contributed by atoms with Crippen LogP contribution < -0.4 is 56.5 Å². The van der Waals surface area contributed by atoms with Crippen molar-refractivity contribution in [2.75, 3.05) is 6.61 Å². The largest absolute Gasteiger partial charge is 1.00 e. The van der Waals surface area contributed by atoms with E-state index in [0.29, 0.717) is 0 Å². The maximum atomic E-state index is 11.2. The van der Waals surface area contributed by atoms with E-state index in [9.17, 15) is 22.0 Å². The van der Waals surface area contributed by atoms with Crippen molar-refractivity contribution in [1.29, 1.82) is 0 Å². The summed E-state index contributed by atoms with van der Waals surface area (Å²) in [5.41, 5.74) is 0. The molecule has 10 heavy (non-hydrogen) atoms. The van der Waals surface area contributed by atoms with Crippen molar-refractivity contribution < 1.29 is 78.4 Å². The number of rotatable bonds is 1. The Kier molecular flexibility index (Phi) is 5.96. The Bertz CT molecular complexity index is 99.6. The van der Waals surface area contributed by atoms with Crippen LogP contribution in [0.25, 0.3) is 0 Å². The zero-order chi connectivity index (χ0) is 7.71. The van der Waals surface area contributed by atoms with E-state index in [2.05, 4.69) is 0 Å². The quantitative estimate of drug-likeness (QED) is 0.331. The smallest absolute Gasteiger partial charge is 0.850 e. The van der Waals surface area contributed by atoms with E-state index >= 15 is 0 Å². The fraction of sp³-hybridized carbons (Fsp3) is 1.00. The van der Waals surface area contributed by atoms with Crippen LogP contribution in [0.5, 0.6) is 0 Å². The summed E-state index contributed by atoms with van der Waals surface area (Å²) in [5, 5.41) is 9.13. The molecule has 0 unspecified atom stereocenters. The maximum absolute atomic E-state index is 11.2. The van der Waals surface area contributed by atoms with E-state index in [1.54, 1.807) is 0 Å². The van der Waals surface area contributed by atoms with Crippen LogP contribution >= 0.6 is 0 Å². The second-order valence-electron chi connectivity index (χ2n) is 1.35. The molecule has 56 valence electrons. The van der Waals surface area contributed by atoms with Crippen molar-refractivity contribution in [3.05, 3.63) is 0 Å². The summed E-state index contributed by atoms with van der Waals surface area (Å²) in [5.74, 6) is -5.08. The SMILES string of the molecule is [K+].[O-]CC(F)(F)C(F)(F)F. The molecular weight excluding hydrogens is 186 g/mol. The molecule has 0 aliphatic heterocycles. The molecule has 0 rings (SSSR count). The number of alkyl halides is 5. The van der Waals surface area contributed by atoms with Gasteiger partial charge in [0.2, 0.25) is 0 Å². The minimum absolute atomic E-state index is 0. The van der Waals surface area contributed by atoms with E-state index in [4.69, 9.17) is 5.11 Å². The first-order valence-corrected chi connectivity index (χ1v) is 1.84. The molecule has 0 saturated heterocycles. The van der Waals surface area contributed by atoms with Gasteiger partial charge in [0, 0.05) is 0 Å². The summed E-state index contributed by atoms with van der Waals surface area (Å²) in [6, 6.07) is 0. The minimum Gasteiger partial charge on any atom is -0.850 e. The van der Waals surface area contributed by atoms with Gasteiger partial charge in [0.25, 0.3) is 0 Å². The van der Waals surface area contributed by atoms with Crippen molar-refractivity contribution >= 4 is 0 Å². The first-order chi connectivity index (χ1) is 3.81. The Balaban J connectivity index is 0. The molecule has 0 bridgehead atoms. The van der Waals surface area contributed by atoms with Gasteiger partial charge in [-0.05, 0) is 0 Å². The third-order valence-corrected chi connectivity index (χ3v) is 0.596. The summed E-state index contributed by atoms with van der Waals surface area (Å²) in [6.07, 6.45) is -5.70. The van der Waals surface area contributed by atoms with Crippen molar-refractivity contribution in [3.8, 4) is 0 Å². The molecule has 0 aliphatic carbocycles. The molecular formula is C3H2F5KO. The van der Waals surface area contributed by atoms with Crippen LogP contribution in [0.3, 0.4) is 0 Å². The molecule has 1 nitrogen and oxygen atoms in total. The summed E-state index contributed by atoms with van der Waals surface area (Å²) < 4.78 is 55.1. The zero-order valence-electron chi connectivity index (χ0n) is 5.01. The Labute approximate surface area is 96.0 Å². The molecule has 0 aromatic heterocycles. The van der Waals surface area contributed by atoms with Gasteiger partial charge in [-0.3, -0.25) is 0 Å². The monoisotopic (exact) mass is 188 g/mol. The molecule has 0 aromatic rings. The van der Waals surface area contributed by atoms with E-state index in [0.717, 1.165) is 0 Å². The topological polar surface area (TPSA) is 23.1 Å². The normalized spacial score (nSPS) is 12.6. The van der Waals surface area contributed by atoms with Crippen LogP contribution in [-0.2, 0) is 0 Å². The molecule has 0 N–H and O–H groups in total. The predicted molar refractivity (Wildman–Crippen MR) is 15.9 cm³/mol. The van der Waals surface area contributed by atoms with E-state index in [1.165, 1.54) is 0 Å². The molecule has 0 aliphatic rings. The zero-order valence-corrected chi connectivity index (χ0v) is 8.13. The number of hydrogen-bond acceptors (Lipinski definition) is 1. The Morgan fingerprint density at radius 2 is 1.30 bits per heavy atom. The average Bonchev–Trinajstić information content (AvgIpc) is 1.64. The fourth-order valence-electron chi connectivity index (χ4n) is 0.0818. The van der Waals surface area contributed by atoms with Crippen LogP contribution in [0.2, 0.25) is 0 Å².